The van der Waals surface area contributed by atoms with Crippen molar-refractivity contribution in [3.05, 3.63) is 5.01 Å². The Morgan fingerprint density at radius 3 is 1.92 bits per heavy atom. The van der Waals surface area contributed by atoms with Gasteiger partial charge in [0.1, 0.15) is 11.1 Å². The number of carbonyl (C=O) groups excluding carboxylic acids is 1. The number of carbonyl (C=O) groups is 3. The normalized spacial score (nSPS) is 23.9. The number of ether oxygens (including phenoxy) is 1. The fraction of sp³-hybridized carbons (Fsp3) is 0.750. The van der Waals surface area contributed by atoms with Crippen LogP contribution in [0, 0.1) is 12.8 Å². The number of alkyl halides is 6. The van der Waals surface area contributed by atoms with Crippen LogP contribution in [-0.2, 0) is 19.1 Å². The fourth-order valence-corrected chi connectivity index (χ4v) is 4.63. The quantitative estimate of drug-likeness (QED) is 0.500. The molecule has 4 heterocycles. The van der Waals surface area contributed by atoms with Gasteiger partial charge >= 0.3 is 24.3 Å². The first-order chi connectivity index (χ1) is 17.5. The van der Waals surface area contributed by atoms with Gasteiger partial charge in [0, 0.05) is 39.3 Å². The zero-order chi connectivity index (χ0) is 28.8. The van der Waals surface area contributed by atoms with Crippen molar-refractivity contribution in [1.29, 1.82) is 0 Å². The first kappa shape index (κ1) is 31.5. The highest BCUT2D eigenvalue weighted by atomic mass is 32.1. The third kappa shape index (κ3) is 9.23. The molecule has 3 aliphatic heterocycles. The van der Waals surface area contributed by atoms with Crippen LogP contribution in [0.5, 0.6) is 0 Å². The fourth-order valence-electron chi connectivity index (χ4n) is 3.91. The number of halogens is 6. The number of hydrogen-bond donors (Lipinski definition) is 2. The van der Waals surface area contributed by atoms with E-state index in [0.717, 1.165) is 62.2 Å². The number of aliphatic carboxylic acids is 2. The summed E-state index contributed by atoms with van der Waals surface area (Å²) in [5, 5.41) is 24.6. The van der Waals surface area contributed by atoms with E-state index in [9.17, 15) is 31.1 Å². The number of anilines is 1. The number of aryl methyl sites for hydroxylation is 1. The van der Waals surface area contributed by atoms with Gasteiger partial charge in [-0.1, -0.05) is 11.3 Å². The van der Waals surface area contributed by atoms with Gasteiger partial charge in [-0.3, -0.25) is 4.79 Å². The molecule has 2 N–H and O–H groups in total. The van der Waals surface area contributed by atoms with Crippen LogP contribution in [0.2, 0.25) is 0 Å². The van der Waals surface area contributed by atoms with Crippen molar-refractivity contribution in [1.82, 2.24) is 20.0 Å². The van der Waals surface area contributed by atoms with E-state index in [0.29, 0.717) is 5.92 Å². The van der Waals surface area contributed by atoms with Gasteiger partial charge in [-0.15, -0.1) is 10.2 Å². The number of fused-ring (bicyclic) bond motifs is 1. The van der Waals surface area contributed by atoms with Crippen LogP contribution in [0.3, 0.4) is 0 Å². The van der Waals surface area contributed by atoms with Gasteiger partial charge in [-0.05, 0) is 32.7 Å². The minimum Gasteiger partial charge on any atom is -0.475 e. The standard InChI is InChI=1S/C16H25N5O2S.2C2HF3O2/c1-11-17-18-16(24-11)21-4-3-12-9-13(23-14(12)10-21)15(22)20-7-5-19(2)6-8-20;2*3-2(4,5)1(6)7/h12-14H,3-10H2,1-2H3;2*(H,6,7)/t12-,13-,14+;;/m0../s1. The van der Waals surface area contributed by atoms with Crippen LogP contribution in [-0.4, -0.2) is 119 Å². The molecule has 0 saturated carbocycles. The number of carboxylic acid groups (broad SMARTS) is 2. The van der Waals surface area contributed by atoms with Gasteiger partial charge in [0.05, 0.1) is 6.10 Å². The molecule has 1 aromatic heterocycles. The molecule has 0 unspecified atom stereocenters. The predicted octanol–water partition coefficient (Wildman–Crippen LogP) is 1.87. The average molecular weight is 580 g/mol. The maximum atomic E-state index is 12.8. The van der Waals surface area contributed by atoms with E-state index in [2.05, 4.69) is 27.0 Å². The lowest BCUT2D eigenvalue weighted by molar-refractivity contribution is -0.193. The van der Waals surface area contributed by atoms with E-state index in [1.807, 2.05) is 11.8 Å². The van der Waals surface area contributed by atoms with Crippen molar-refractivity contribution in [3.63, 3.8) is 0 Å². The van der Waals surface area contributed by atoms with E-state index in [1.165, 1.54) is 0 Å². The molecule has 11 nitrogen and oxygen atoms in total. The third-order valence-electron chi connectivity index (χ3n) is 5.91. The number of carboxylic acids is 2. The zero-order valence-electron chi connectivity index (χ0n) is 20.3. The molecule has 216 valence electrons. The maximum absolute atomic E-state index is 12.8. The molecule has 0 aliphatic carbocycles. The number of aromatic nitrogens is 2. The lowest BCUT2D eigenvalue weighted by Crippen LogP contribution is -2.50. The molecule has 0 spiro atoms. The Bertz CT molecular complexity index is 945. The molecule has 0 aromatic carbocycles. The summed E-state index contributed by atoms with van der Waals surface area (Å²) in [7, 11) is 2.10. The van der Waals surface area contributed by atoms with Gasteiger partial charge in [0.15, 0.2) is 0 Å². The summed E-state index contributed by atoms with van der Waals surface area (Å²) in [6.07, 6.45) is -8.34. The second-order valence-electron chi connectivity index (χ2n) is 8.73. The van der Waals surface area contributed by atoms with Crippen LogP contribution in [0.25, 0.3) is 0 Å². The molecule has 3 saturated heterocycles. The van der Waals surface area contributed by atoms with Crippen molar-refractivity contribution in [3.8, 4) is 0 Å². The second kappa shape index (κ2) is 12.9. The molecular formula is C20H27F6N5O6S. The predicted molar refractivity (Wildman–Crippen MR) is 120 cm³/mol. The van der Waals surface area contributed by atoms with E-state index < -0.39 is 24.3 Å². The summed E-state index contributed by atoms with van der Waals surface area (Å²) in [6, 6.07) is 0. The van der Waals surface area contributed by atoms with Crippen LogP contribution >= 0.6 is 11.3 Å². The molecule has 18 heteroatoms. The molecule has 3 fully saturated rings. The summed E-state index contributed by atoms with van der Waals surface area (Å²) < 4.78 is 69.6. The summed E-state index contributed by atoms with van der Waals surface area (Å²) in [5.74, 6) is -4.83. The summed E-state index contributed by atoms with van der Waals surface area (Å²) in [4.78, 5) is 37.0. The number of piperidine rings is 1. The molecule has 38 heavy (non-hydrogen) atoms. The summed E-state index contributed by atoms with van der Waals surface area (Å²) in [5.41, 5.74) is 0. The highest BCUT2D eigenvalue weighted by Crippen LogP contribution is 2.36. The highest BCUT2D eigenvalue weighted by molar-refractivity contribution is 7.15. The van der Waals surface area contributed by atoms with Gasteiger partial charge in [-0.25, -0.2) is 9.59 Å². The molecule has 0 radical (unpaired) electrons. The van der Waals surface area contributed by atoms with E-state index in [1.54, 1.807) is 11.3 Å². The third-order valence-corrected chi connectivity index (χ3v) is 6.81. The topological polar surface area (TPSA) is 136 Å². The Hall–Kier alpha value is -2.73. The number of amides is 1. The molecule has 1 amide bonds. The number of hydrogen-bond acceptors (Lipinski definition) is 9. The first-order valence-electron chi connectivity index (χ1n) is 11.3. The minimum absolute atomic E-state index is 0.143. The first-order valence-corrected chi connectivity index (χ1v) is 12.1. The molecule has 1 aromatic rings. The number of rotatable bonds is 2. The van der Waals surface area contributed by atoms with Crippen LogP contribution in [0.15, 0.2) is 0 Å². The summed E-state index contributed by atoms with van der Waals surface area (Å²) in [6.45, 7) is 7.33. The van der Waals surface area contributed by atoms with Gasteiger partial charge in [-0.2, -0.15) is 26.3 Å². The van der Waals surface area contributed by atoms with E-state index in [-0.39, 0.29) is 18.1 Å². The van der Waals surface area contributed by atoms with Crippen molar-refractivity contribution in [2.45, 2.75) is 44.3 Å². The van der Waals surface area contributed by atoms with Crippen LogP contribution in [0.1, 0.15) is 17.8 Å². The van der Waals surface area contributed by atoms with Gasteiger partial charge < -0.3 is 29.6 Å². The highest BCUT2D eigenvalue weighted by Gasteiger charge is 2.44. The average Bonchev–Trinajstić information content (AvgIpc) is 3.44. The smallest absolute Gasteiger partial charge is 0.475 e. The van der Waals surface area contributed by atoms with Gasteiger partial charge in [0.25, 0.3) is 5.91 Å². The number of likely N-dealkylation sites (N-methyl/N-ethyl adjacent to an activating group) is 1. The number of piperazine rings is 1. The van der Waals surface area contributed by atoms with Crippen molar-refractivity contribution in [2.24, 2.45) is 5.92 Å². The lowest BCUT2D eigenvalue weighted by Gasteiger charge is -2.34. The van der Waals surface area contributed by atoms with Crippen molar-refractivity contribution in [2.75, 3.05) is 51.2 Å². The molecule has 3 atom stereocenters. The largest absolute Gasteiger partial charge is 0.490 e. The van der Waals surface area contributed by atoms with Crippen LogP contribution < -0.4 is 4.90 Å². The number of nitrogens with zero attached hydrogens (tertiary/aromatic N) is 5. The summed E-state index contributed by atoms with van der Waals surface area (Å²) >= 11 is 1.63. The Labute approximate surface area is 217 Å². The molecule has 3 aliphatic rings. The van der Waals surface area contributed by atoms with E-state index in [4.69, 9.17) is 24.5 Å². The second-order valence-corrected chi connectivity index (χ2v) is 9.89. The Morgan fingerprint density at radius 2 is 1.47 bits per heavy atom. The van der Waals surface area contributed by atoms with Gasteiger partial charge in [0.2, 0.25) is 5.13 Å². The monoisotopic (exact) mass is 579 g/mol. The molecule has 4 rings (SSSR count). The van der Waals surface area contributed by atoms with Crippen molar-refractivity contribution < 1.29 is 55.7 Å². The maximum Gasteiger partial charge on any atom is 0.490 e. The molecule has 0 bridgehead atoms. The molecular weight excluding hydrogens is 552 g/mol. The van der Waals surface area contributed by atoms with E-state index >= 15 is 0 Å². The Kier molecular flexibility index (Phi) is 10.7. The zero-order valence-corrected chi connectivity index (χ0v) is 21.1. The van der Waals surface area contributed by atoms with Crippen LogP contribution in [0.4, 0.5) is 31.5 Å². The Balaban J connectivity index is 0.000000301. The SMILES string of the molecule is Cc1nnc(N2CC[C@H]3C[C@@H](C(=O)N4CCN(C)CC4)O[C@@H]3C2)s1.O=C(O)C(F)(F)F.O=C(O)C(F)(F)F. The lowest BCUT2D eigenvalue weighted by atomic mass is 9.92. The minimum atomic E-state index is -5.08. The Morgan fingerprint density at radius 1 is 0.947 bits per heavy atom. The van der Waals surface area contributed by atoms with Crippen molar-refractivity contribution >= 4 is 34.3 Å².